The third-order valence-corrected chi connectivity index (χ3v) is 4.27. The molecule has 118 valence electrons. The van der Waals surface area contributed by atoms with Crippen LogP contribution in [0.4, 0.5) is 0 Å². The van der Waals surface area contributed by atoms with Gasteiger partial charge in [-0.25, -0.2) is 13.2 Å². The Morgan fingerprint density at radius 3 is 2.33 bits per heavy atom. The van der Waals surface area contributed by atoms with E-state index in [1.165, 1.54) is 13.8 Å². The Hall–Kier alpha value is -1.91. The van der Waals surface area contributed by atoms with Gasteiger partial charge in [-0.3, -0.25) is 4.79 Å². The van der Waals surface area contributed by atoms with Gasteiger partial charge in [-0.05, 0) is 13.8 Å². The first kappa shape index (κ1) is 17.1. The first-order chi connectivity index (χ1) is 9.65. The quantitative estimate of drug-likeness (QED) is 0.590. The van der Waals surface area contributed by atoms with Gasteiger partial charge in [-0.2, -0.15) is 4.72 Å². The Bertz CT molecular complexity index is 660. The van der Waals surface area contributed by atoms with Crippen LogP contribution in [-0.2, 0) is 19.6 Å². The molecule has 0 aliphatic carbocycles. The second-order valence-electron chi connectivity index (χ2n) is 4.10. The van der Waals surface area contributed by atoms with Crippen molar-refractivity contribution in [3.05, 3.63) is 17.1 Å². The highest BCUT2D eigenvalue weighted by Gasteiger charge is 2.34. The zero-order valence-electron chi connectivity index (χ0n) is 11.5. The molecule has 0 saturated heterocycles. The highest BCUT2D eigenvalue weighted by atomic mass is 32.2. The summed E-state index contributed by atoms with van der Waals surface area (Å²) in [7, 11) is -3.33. The van der Waals surface area contributed by atoms with Crippen LogP contribution in [0.1, 0.15) is 21.9 Å². The molecular weight excluding hydrogens is 306 g/mol. The fourth-order valence-corrected chi connectivity index (χ4v) is 3.32. The maximum Gasteiger partial charge on any atom is 0.342 e. The molecule has 0 saturated carbocycles. The van der Waals surface area contributed by atoms with Crippen LogP contribution < -0.4 is 4.72 Å². The van der Waals surface area contributed by atoms with Crippen LogP contribution in [0.25, 0.3) is 0 Å². The molecule has 0 bridgehead atoms. The predicted molar refractivity (Wildman–Crippen MR) is 68.4 cm³/mol. The minimum atomic E-state index is -4.40. The lowest BCUT2D eigenvalue weighted by atomic mass is 10.2. The third-order valence-electron chi connectivity index (χ3n) is 2.64. The molecule has 1 aromatic heterocycles. The van der Waals surface area contributed by atoms with E-state index >= 15 is 0 Å². The first-order valence-corrected chi connectivity index (χ1v) is 7.18. The SMILES string of the molecule is COC(=O)c1c(C)oc(C)c1S(=O)(=O)N[C@@H](CO)C(=O)O. The molecule has 9 nitrogen and oxygen atoms in total. The van der Waals surface area contributed by atoms with Gasteiger partial charge in [0.15, 0.2) is 0 Å². The number of aryl methyl sites for hydroxylation is 2. The molecule has 21 heavy (non-hydrogen) atoms. The van der Waals surface area contributed by atoms with E-state index in [1.54, 1.807) is 4.72 Å². The largest absolute Gasteiger partial charge is 0.480 e. The number of carbonyl (C=O) groups excluding carboxylic acids is 1. The molecule has 1 heterocycles. The minimum absolute atomic E-state index is 0.0237. The molecule has 1 atom stereocenters. The van der Waals surface area contributed by atoms with Gasteiger partial charge >= 0.3 is 11.9 Å². The van der Waals surface area contributed by atoms with E-state index in [4.69, 9.17) is 14.6 Å². The summed E-state index contributed by atoms with van der Waals surface area (Å²) >= 11 is 0. The summed E-state index contributed by atoms with van der Waals surface area (Å²) in [6, 6.07) is -1.74. The van der Waals surface area contributed by atoms with Crippen molar-refractivity contribution in [3.8, 4) is 0 Å². The van der Waals surface area contributed by atoms with Gasteiger partial charge in [0.05, 0.1) is 13.7 Å². The van der Waals surface area contributed by atoms with Crippen molar-refractivity contribution in [2.45, 2.75) is 24.8 Å². The van der Waals surface area contributed by atoms with Crippen molar-refractivity contribution in [2.24, 2.45) is 0 Å². The van der Waals surface area contributed by atoms with Crippen LogP contribution in [0.2, 0.25) is 0 Å². The van der Waals surface area contributed by atoms with Gasteiger partial charge in [0, 0.05) is 0 Å². The lowest BCUT2D eigenvalue weighted by molar-refractivity contribution is -0.139. The summed E-state index contributed by atoms with van der Waals surface area (Å²) in [5.41, 5.74) is -0.315. The Morgan fingerprint density at radius 1 is 1.33 bits per heavy atom. The number of nitrogens with one attached hydrogen (secondary N) is 1. The van der Waals surface area contributed by atoms with Crippen LogP contribution in [0, 0.1) is 13.8 Å². The average Bonchev–Trinajstić information content (AvgIpc) is 2.70. The molecule has 10 heteroatoms. The normalized spacial score (nSPS) is 13.0. The maximum atomic E-state index is 12.2. The first-order valence-electron chi connectivity index (χ1n) is 5.70. The second-order valence-corrected chi connectivity index (χ2v) is 5.76. The topological polar surface area (TPSA) is 143 Å². The molecule has 3 N–H and O–H groups in total. The van der Waals surface area contributed by atoms with Gasteiger partial charge in [0.25, 0.3) is 0 Å². The number of ether oxygens (including phenoxy) is 1. The zero-order valence-corrected chi connectivity index (χ0v) is 12.4. The number of aliphatic carboxylic acids is 1. The molecule has 1 aromatic rings. The summed E-state index contributed by atoms with van der Waals surface area (Å²) < 4.78 is 35.8. The van der Waals surface area contributed by atoms with Crippen molar-refractivity contribution < 1.29 is 37.4 Å². The van der Waals surface area contributed by atoms with Crippen molar-refractivity contribution in [2.75, 3.05) is 13.7 Å². The Kier molecular flexibility index (Phi) is 5.10. The van der Waals surface area contributed by atoms with Crippen LogP contribution in [0.5, 0.6) is 0 Å². The van der Waals surface area contributed by atoms with Crippen molar-refractivity contribution in [1.29, 1.82) is 0 Å². The lowest BCUT2D eigenvalue weighted by Gasteiger charge is -2.12. The minimum Gasteiger partial charge on any atom is -0.480 e. The van der Waals surface area contributed by atoms with E-state index in [-0.39, 0.29) is 17.1 Å². The lowest BCUT2D eigenvalue weighted by Crippen LogP contribution is -2.43. The predicted octanol–water partition coefficient (Wildman–Crippen LogP) is -0.593. The summed E-state index contributed by atoms with van der Waals surface area (Å²) in [4.78, 5) is 22.0. The highest BCUT2D eigenvalue weighted by molar-refractivity contribution is 7.89. The molecule has 0 fully saturated rings. The molecular formula is C11H15NO8S. The van der Waals surface area contributed by atoms with E-state index < -0.39 is 39.5 Å². The number of rotatable bonds is 6. The van der Waals surface area contributed by atoms with E-state index in [9.17, 15) is 18.0 Å². The van der Waals surface area contributed by atoms with Gasteiger partial charge in [0.2, 0.25) is 10.0 Å². The maximum absolute atomic E-state index is 12.2. The monoisotopic (exact) mass is 321 g/mol. The molecule has 1 rings (SSSR count). The van der Waals surface area contributed by atoms with Gasteiger partial charge in [0.1, 0.15) is 28.0 Å². The van der Waals surface area contributed by atoms with Crippen LogP contribution in [0.15, 0.2) is 9.31 Å². The van der Waals surface area contributed by atoms with E-state index in [1.807, 2.05) is 0 Å². The van der Waals surface area contributed by atoms with Crippen molar-refractivity contribution in [3.63, 3.8) is 0 Å². The summed E-state index contributed by atoms with van der Waals surface area (Å²) in [6.45, 7) is 1.74. The summed E-state index contributed by atoms with van der Waals surface area (Å²) in [5.74, 6) is -2.56. The zero-order chi connectivity index (χ0) is 16.4. The fourth-order valence-electron chi connectivity index (χ4n) is 1.74. The molecule has 0 amide bonds. The molecule has 0 aliphatic rings. The number of hydrogen-bond donors (Lipinski definition) is 3. The Balaban J connectivity index is 3.38. The summed E-state index contributed by atoms with van der Waals surface area (Å²) in [5, 5.41) is 17.7. The molecule has 0 aromatic carbocycles. The number of carboxylic acids is 1. The second kappa shape index (κ2) is 6.24. The molecule has 0 unspecified atom stereocenters. The third kappa shape index (κ3) is 3.40. The van der Waals surface area contributed by atoms with E-state index in [0.717, 1.165) is 7.11 Å². The number of carbonyl (C=O) groups is 2. The summed E-state index contributed by atoms with van der Waals surface area (Å²) in [6.07, 6.45) is 0. The van der Waals surface area contributed by atoms with E-state index in [0.29, 0.717) is 0 Å². The highest BCUT2D eigenvalue weighted by Crippen LogP contribution is 2.27. The van der Waals surface area contributed by atoms with Gasteiger partial charge in [-0.1, -0.05) is 0 Å². The van der Waals surface area contributed by atoms with E-state index in [2.05, 4.69) is 4.74 Å². The van der Waals surface area contributed by atoms with Crippen LogP contribution in [-0.4, -0.2) is 50.3 Å². The molecule has 0 aliphatic heterocycles. The smallest absolute Gasteiger partial charge is 0.342 e. The number of furan rings is 1. The van der Waals surface area contributed by atoms with Crippen molar-refractivity contribution in [1.82, 2.24) is 4.72 Å². The Morgan fingerprint density at radius 2 is 1.90 bits per heavy atom. The number of carboxylic acid groups (broad SMARTS) is 1. The number of aliphatic hydroxyl groups excluding tert-OH is 1. The standard InChI is InChI=1S/C11H15NO8S/c1-5-8(11(16)19-3)9(6(2)20-5)21(17,18)12-7(4-13)10(14)15/h7,12-13H,4H2,1-3H3,(H,14,15)/t7-/m0/s1. The number of esters is 1. The van der Waals surface area contributed by atoms with Crippen molar-refractivity contribution >= 4 is 22.0 Å². The number of methoxy groups -OCH3 is 1. The number of aliphatic hydroxyl groups is 1. The van der Waals surface area contributed by atoms with Gasteiger partial charge < -0.3 is 19.4 Å². The van der Waals surface area contributed by atoms with Gasteiger partial charge in [-0.15, -0.1) is 0 Å². The number of sulfonamides is 1. The Labute approximate surface area is 120 Å². The van der Waals surface area contributed by atoms with Crippen LogP contribution >= 0.6 is 0 Å². The van der Waals surface area contributed by atoms with Crippen LogP contribution in [0.3, 0.4) is 0 Å². The average molecular weight is 321 g/mol. The molecule has 0 spiro atoms. The number of hydrogen-bond acceptors (Lipinski definition) is 7. The molecule has 0 radical (unpaired) electrons. The fraction of sp³-hybridized carbons (Fsp3) is 0.455.